The highest BCUT2D eigenvalue weighted by molar-refractivity contribution is 5.80. The number of likely N-dealkylation sites (N-methyl/N-ethyl adjacent to an activating group) is 1. The minimum absolute atomic E-state index is 0.00885. The van der Waals surface area contributed by atoms with Crippen molar-refractivity contribution in [2.45, 2.75) is 32.9 Å². The van der Waals surface area contributed by atoms with E-state index >= 15 is 0 Å². The molecular formula is C17H30N6. The molecule has 0 radical (unpaired) electrons. The van der Waals surface area contributed by atoms with Crippen molar-refractivity contribution in [3.8, 4) is 0 Å². The van der Waals surface area contributed by atoms with Crippen molar-refractivity contribution in [3.05, 3.63) is 23.9 Å². The molecule has 1 aliphatic heterocycles. The van der Waals surface area contributed by atoms with Gasteiger partial charge in [-0.1, -0.05) is 0 Å². The highest BCUT2D eigenvalue weighted by Gasteiger charge is 2.16. The predicted molar refractivity (Wildman–Crippen MR) is 97.0 cm³/mol. The van der Waals surface area contributed by atoms with Gasteiger partial charge >= 0.3 is 0 Å². The number of rotatable bonds is 3. The van der Waals surface area contributed by atoms with Crippen LogP contribution in [0.25, 0.3) is 0 Å². The molecule has 0 aliphatic carbocycles. The molecule has 2 rings (SSSR count). The van der Waals surface area contributed by atoms with Gasteiger partial charge < -0.3 is 20.4 Å². The maximum Gasteiger partial charge on any atom is 0.191 e. The van der Waals surface area contributed by atoms with Crippen molar-refractivity contribution >= 4 is 11.8 Å². The molecule has 1 aromatic heterocycles. The monoisotopic (exact) mass is 318 g/mol. The summed E-state index contributed by atoms with van der Waals surface area (Å²) >= 11 is 0. The lowest BCUT2D eigenvalue weighted by molar-refractivity contribution is 0.312. The van der Waals surface area contributed by atoms with Crippen LogP contribution in [0.5, 0.6) is 0 Å². The van der Waals surface area contributed by atoms with Gasteiger partial charge in [0.1, 0.15) is 5.82 Å². The summed E-state index contributed by atoms with van der Waals surface area (Å²) in [6.45, 7) is 11.4. The number of pyridine rings is 1. The predicted octanol–water partition coefficient (Wildman–Crippen LogP) is 1.30. The second kappa shape index (κ2) is 7.64. The van der Waals surface area contributed by atoms with Gasteiger partial charge in [0.25, 0.3) is 0 Å². The average Bonchev–Trinajstić information content (AvgIpc) is 2.51. The molecule has 23 heavy (non-hydrogen) atoms. The molecule has 0 bridgehead atoms. The first-order chi connectivity index (χ1) is 10.9. The van der Waals surface area contributed by atoms with Gasteiger partial charge in [-0.15, -0.1) is 0 Å². The second-order valence-electron chi connectivity index (χ2n) is 7.11. The van der Waals surface area contributed by atoms with Crippen molar-refractivity contribution in [3.63, 3.8) is 0 Å². The Kier molecular flexibility index (Phi) is 5.82. The van der Waals surface area contributed by atoms with Gasteiger partial charge in [-0.05, 0) is 45.5 Å². The molecule has 0 spiro atoms. The summed E-state index contributed by atoms with van der Waals surface area (Å²) in [4.78, 5) is 13.5. The van der Waals surface area contributed by atoms with E-state index < -0.39 is 0 Å². The first-order valence-corrected chi connectivity index (χ1v) is 8.24. The van der Waals surface area contributed by atoms with Crippen LogP contribution in [-0.4, -0.2) is 61.7 Å². The quantitative estimate of drug-likeness (QED) is 0.650. The molecular weight excluding hydrogens is 288 g/mol. The topological polar surface area (TPSA) is 55.8 Å². The van der Waals surface area contributed by atoms with Crippen molar-refractivity contribution < 1.29 is 0 Å². The number of guanidine groups is 1. The zero-order valence-electron chi connectivity index (χ0n) is 15.1. The summed E-state index contributed by atoms with van der Waals surface area (Å²) in [6.07, 6.45) is 1.89. The average molecular weight is 318 g/mol. The summed E-state index contributed by atoms with van der Waals surface area (Å²) in [7, 11) is 3.96. The lowest BCUT2D eigenvalue weighted by Gasteiger charge is -2.33. The zero-order chi connectivity index (χ0) is 16.9. The Bertz CT molecular complexity index is 526. The van der Waals surface area contributed by atoms with Gasteiger partial charge in [0.05, 0.1) is 0 Å². The molecule has 6 nitrogen and oxygen atoms in total. The molecule has 1 aromatic rings. The number of anilines is 1. The Balaban J connectivity index is 1.95. The van der Waals surface area contributed by atoms with Crippen LogP contribution in [0.15, 0.2) is 23.3 Å². The minimum atomic E-state index is -0.00885. The number of aromatic nitrogens is 1. The third-order valence-electron chi connectivity index (χ3n) is 3.81. The van der Waals surface area contributed by atoms with Crippen LogP contribution in [0.4, 0.5) is 5.82 Å². The molecule has 1 aliphatic rings. The highest BCUT2D eigenvalue weighted by atomic mass is 15.3. The van der Waals surface area contributed by atoms with Crippen LogP contribution in [-0.2, 0) is 6.54 Å². The van der Waals surface area contributed by atoms with Crippen LogP contribution < -0.4 is 15.5 Å². The third kappa shape index (κ3) is 5.71. The SMILES string of the molecule is CN=C(NCc1ccnc(N2CCN(C)CC2)c1)NC(C)(C)C. The van der Waals surface area contributed by atoms with E-state index in [1.807, 2.05) is 6.20 Å². The van der Waals surface area contributed by atoms with Crippen LogP contribution >= 0.6 is 0 Å². The fourth-order valence-corrected chi connectivity index (χ4v) is 2.50. The largest absolute Gasteiger partial charge is 0.354 e. The van der Waals surface area contributed by atoms with Gasteiger partial charge in [0.15, 0.2) is 5.96 Å². The maximum atomic E-state index is 4.53. The van der Waals surface area contributed by atoms with Gasteiger partial charge in [-0.25, -0.2) is 4.98 Å². The fourth-order valence-electron chi connectivity index (χ4n) is 2.50. The molecule has 0 aromatic carbocycles. The van der Waals surface area contributed by atoms with E-state index in [1.165, 1.54) is 5.56 Å². The van der Waals surface area contributed by atoms with E-state index in [-0.39, 0.29) is 5.54 Å². The number of nitrogens with zero attached hydrogens (tertiary/aromatic N) is 4. The van der Waals surface area contributed by atoms with Crippen molar-refractivity contribution in [2.75, 3.05) is 45.2 Å². The molecule has 2 N–H and O–H groups in total. The van der Waals surface area contributed by atoms with E-state index in [2.05, 4.69) is 70.4 Å². The van der Waals surface area contributed by atoms with Crippen LogP contribution in [0, 0.1) is 0 Å². The molecule has 1 saturated heterocycles. The van der Waals surface area contributed by atoms with E-state index in [4.69, 9.17) is 0 Å². The molecule has 0 amide bonds. The fraction of sp³-hybridized carbons (Fsp3) is 0.647. The Hall–Kier alpha value is -1.82. The number of hydrogen-bond acceptors (Lipinski definition) is 4. The van der Waals surface area contributed by atoms with Gasteiger partial charge in [0, 0.05) is 51.5 Å². The van der Waals surface area contributed by atoms with Gasteiger partial charge in [-0.2, -0.15) is 0 Å². The highest BCUT2D eigenvalue weighted by Crippen LogP contribution is 2.14. The maximum absolute atomic E-state index is 4.53. The van der Waals surface area contributed by atoms with E-state index in [0.717, 1.165) is 44.5 Å². The van der Waals surface area contributed by atoms with Crippen LogP contribution in [0.3, 0.4) is 0 Å². The summed E-state index contributed by atoms with van der Waals surface area (Å²) < 4.78 is 0. The Morgan fingerprint density at radius 3 is 2.57 bits per heavy atom. The number of piperazine rings is 1. The third-order valence-corrected chi connectivity index (χ3v) is 3.81. The summed E-state index contributed by atoms with van der Waals surface area (Å²) in [5, 5.41) is 6.73. The standard InChI is InChI=1S/C17H30N6/c1-17(2,3)21-16(18-4)20-13-14-6-7-19-15(12-14)23-10-8-22(5)9-11-23/h6-7,12H,8-11,13H2,1-5H3,(H2,18,20,21). The Morgan fingerprint density at radius 2 is 1.96 bits per heavy atom. The lowest BCUT2D eigenvalue weighted by Crippen LogP contribution is -2.47. The molecule has 2 heterocycles. The zero-order valence-corrected chi connectivity index (χ0v) is 15.1. The van der Waals surface area contributed by atoms with Crippen LogP contribution in [0.2, 0.25) is 0 Å². The summed E-state index contributed by atoms with van der Waals surface area (Å²) in [5.41, 5.74) is 1.20. The molecule has 128 valence electrons. The summed E-state index contributed by atoms with van der Waals surface area (Å²) in [6, 6.07) is 4.22. The second-order valence-corrected chi connectivity index (χ2v) is 7.11. The Labute approximate surface area is 140 Å². The summed E-state index contributed by atoms with van der Waals surface area (Å²) in [5.74, 6) is 1.88. The first kappa shape index (κ1) is 17.5. The van der Waals surface area contributed by atoms with Crippen molar-refractivity contribution in [1.82, 2.24) is 20.5 Å². The lowest BCUT2D eigenvalue weighted by atomic mass is 10.1. The minimum Gasteiger partial charge on any atom is -0.354 e. The smallest absolute Gasteiger partial charge is 0.191 e. The molecule has 1 fully saturated rings. The molecule has 0 unspecified atom stereocenters. The molecule has 6 heteroatoms. The first-order valence-electron chi connectivity index (χ1n) is 8.24. The van der Waals surface area contributed by atoms with Gasteiger partial charge in [-0.3, -0.25) is 4.99 Å². The van der Waals surface area contributed by atoms with E-state index in [1.54, 1.807) is 7.05 Å². The number of hydrogen-bond donors (Lipinski definition) is 2. The van der Waals surface area contributed by atoms with Crippen LogP contribution in [0.1, 0.15) is 26.3 Å². The van der Waals surface area contributed by atoms with Crippen molar-refractivity contribution in [1.29, 1.82) is 0 Å². The Morgan fingerprint density at radius 1 is 1.26 bits per heavy atom. The molecule has 0 atom stereocenters. The number of aliphatic imine (C=N–C) groups is 1. The van der Waals surface area contributed by atoms with Crippen molar-refractivity contribution in [2.24, 2.45) is 4.99 Å². The van der Waals surface area contributed by atoms with Gasteiger partial charge in [0.2, 0.25) is 0 Å². The normalized spacial score (nSPS) is 17.3. The van der Waals surface area contributed by atoms with E-state index in [9.17, 15) is 0 Å². The number of nitrogens with one attached hydrogen (secondary N) is 2. The molecule has 0 saturated carbocycles. The van der Waals surface area contributed by atoms with E-state index in [0.29, 0.717) is 0 Å².